The molecular weight excluding hydrogens is 217 g/mol. The number of aromatic nitrogens is 1. The third-order valence-electron chi connectivity index (χ3n) is 2.00. The van der Waals surface area contributed by atoms with E-state index in [-0.39, 0.29) is 0 Å². The van der Waals surface area contributed by atoms with Gasteiger partial charge in [0.2, 0.25) is 0 Å². The van der Waals surface area contributed by atoms with E-state index in [1.807, 2.05) is 37.3 Å². The number of hydrogen-bond acceptors (Lipinski definition) is 2. The van der Waals surface area contributed by atoms with E-state index in [2.05, 4.69) is 33.4 Å². The van der Waals surface area contributed by atoms with Crippen LogP contribution in [0.2, 0.25) is 0 Å². The molecule has 0 bridgehead atoms. The average molecular weight is 227 g/mol. The lowest BCUT2D eigenvalue weighted by Gasteiger charge is -2.05. The summed E-state index contributed by atoms with van der Waals surface area (Å²) in [6, 6.07) is 14.4. The van der Waals surface area contributed by atoms with E-state index in [4.69, 9.17) is 0 Å². The standard InChI is InChI=1S/C12H10NS.Al/c1-10-6-5-9-12(13-10)14-11-7-3-2-4-8-11;/h2-7,9H,1H3;. The predicted octanol–water partition coefficient (Wildman–Crippen LogP) is 2.34. The van der Waals surface area contributed by atoms with Crippen molar-refractivity contribution < 1.29 is 0 Å². The Bertz CT molecular complexity index is 471. The Balaban J connectivity index is 2.26. The van der Waals surface area contributed by atoms with Crippen molar-refractivity contribution in [2.75, 3.05) is 0 Å². The van der Waals surface area contributed by atoms with Gasteiger partial charge in [-0.1, -0.05) is 36.0 Å². The zero-order valence-electron chi connectivity index (χ0n) is 8.47. The third kappa shape index (κ3) is 2.85. The van der Waals surface area contributed by atoms with Crippen LogP contribution in [-0.2, 0) is 0 Å². The van der Waals surface area contributed by atoms with Crippen LogP contribution in [0.1, 0.15) is 5.69 Å². The van der Waals surface area contributed by atoms with E-state index in [1.165, 1.54) is 9.32 Å². The molecule has 0 aliphatic carbocycles. The van der Waals surface area contributed by atoms with Crippen LogP contribution in [0.15, 0.2) is 52.4 Å². The van der Waals surface area contributed by atoms with Crippen LogP contribution in [0.25, 0.3) is 0 Å². The largest absolute Gasteiger partial charge is 0.246 e. The van der Waals surface area contributed by atoms with Gasteiger partial charge in [-0.25, -0.2) is 4.98 Å². The molecular formula is C12H10AlNS. The predicted molar refractivity (Wildman–Crippen MR) is 64.9 cm³/mol. The molecule has 2 aromatic rings. The molecule has 1 aromatic heterocycles. The molecule has 15 heavy (non-hydrogen) atoms. The molecule has 3 heteroatoms. The zero-order chi connectivity index (χ0) is 10.7. The molecule has 72 valence electrons. The SMILES string of the molecule is Cc1cccc(Sc2cccc[c]2[Al])n1. The minimum Gasteiger partial charge on any atom is -0.246 e. The molecule has 0 atom stereocenters. The highest BCUT2D eigenvalue weighted by Gasteiger charge is 2.00. The van der Waals surface area contributed by atoms with Crippen molar-refractivity contribution in [2.45, 2.75) is 16.8 Å². The summed E-state index contributed by atoms with van der Waals surface area (Å²) in [6.07, 6.45) is 0. The molecule has 1 heterocycles. The molecule has 0 aliphatic heterocycles. The summed E-state index contributed by atoms with van der Waals surface area (Å²) in [5, 5.41) is 1.05. The molecule has 2 radical (unpaired) electrons. The first kappa shape index (κ1) is 10.8. The van der Waals surface area contributed by atoms with Gasteiger partial charge in [0.15, 0.2) is 16.3 Å². The van der Waals surface area contributed by atoms with Gasteiger partial charge in [-0.05, 0) is 30.0 Å². The topological polar surface area (TPSA) is 12.9 Å². The first-order valence-corrected chi connectivity index (χ1v) is 6.11. The van der Waals surface area contributed by atoms with Gasteiger partial charge in [-0.2, -0.15) is 0 Å². The van der Waals surface area contributed by atoms with E-state index in [1.54, 1.807) is 11.8 Å². The third-order valence-corrected chi connectivity index (χ3v) is 3.74. The minimum atomic E-state index is 1.05. The van der Waals surface area contributed by atoms with Crippen LogP contribution < -0.4 is 4.43 Å². The Morgan fingerprint density at radius 1 is 1.07 bits per heavy atom. The van der Waals surface area contributed by atoms with Crippen molar-refractivity contribution in [1.29, 1.82) is 0 Å². The number of nitrogens with zero attached hydrogens (tertiary/aromatic N) is 1. The zero-order valence-corrected chi connectivity index (χ0v) is 10.4. The Hall–Kier alpha value is -0.748. The number of pyridine rings is 1. The van der Waals surface area contributed by atoms with Gasteiger partial charge < -0.3 is 0 Å². The fourth-order valence-corrected chi connectivity index (χ4v) is 2.54. The second-order valence-electron chi connectivity index (χ2n) is 3.26. The van der Waals surface area contributed by atoms with Crippen molar-refractivity contribution in [3.05, 3.63) is 48.2 Å². The summed E-state index contributed by atoms with van der Waals surface area (Å²) in [7, 11) is 0. The Kier molecular flexibility index (Phi) is 3.48. The van der Waals surface area contributed by atoms with E-state index in [9.17, 15) is 0 Å². The summed E-state index contributed by atoms with van der Waals surface area (Å²) in [5.74, 6) is 0. The molecule has 0 saturated carbocycles. The molecule has 0 unspecified atom stereocenters. The van der Waals surface area contributed by atoms with Gasteiger partial charge in [0.1, 0.15) is 5.03 Å². The van der Waals surface area contributed by atoms with E-state index in [0.29, 0.717) is 0 Å². The first-order chi connectivity index (χ1) is 7.25. The number of aryl methyl sites for hydroxylation is 1. The summed E-state index contributed by atoms with van der Waals surface area (Å²) in [6.45, 7) is 2.01. The lowest BCUT2D eigenvalue weighted by Crippen LogP contribution is -2.04. The second-order valence-corrected chi connectivity index (χ2v) is 4.94. The summed E-state index contributed by atoms with van der Waals surface area (Å²) in [4.78, 5) is 5.70. The molecule has 1 nitrogen and oxygen atoms in total. The monoisotopic (exact) mass is 227 g/mol. The van der Waals surface area contributed by atoms with E-state index in [0.717, 1.165) is 10.7 Å². The Morgan fingerprint density at radius 2 is 1.87 bits per heavy atom. The first-order valence-electron chi connectivity index (χ1n) is 4.72. The smallest absolute Gasteiger partial charge is 0.177 e. The van der Waals surface area contributed by atoms with Gasteiger partial charge in [0.25, 0.3) is 0 Å². The molecule has 0 aliphatic rings. The lowest BCUT2D eigenvalue weighted by atomic mass is 10.4. The van der Waals surface area contributed by atoms with Crippen LogP contribution in [0.5, 0.6) is 0 Å². The molecule has 2 rings (SSSR count). The summed E-state index contributed by atoms with van der Waals surface area (Å²) in [5.41, 5.74) is 1.06. The van der Waals surface area contributed by atoms with Crippen LogP contribution >= 0.6 is 11.8 Å². The highest BCUT2D eigenvalue weighted by molar-refractivity contribution is 7.99. The quantitative estimate of drug-likeness (QED) is 0.730. The molecule has 0 amide bonds. The second kappa shape index (κ2) is 4.85. The highest BCUT2D eigenvalue weighted by atomic mass is 32.2. The molecule has 0 spiro atoms. The number of hydrogen-bond donors (Lipinski definition) is 0. The maximum Gasteiger partial charge on any atom is 0.177 e. The van der Waals surface area contributed by atoms with Crippen LogP contribution in [0.3, 0.4) is 0 Å². The number of benzene rings is 1. The minimum absolute atomic E-state index is 1.05. The summed E-state index contributed by atoms with van der Waals surface area (Å²) < 4.78 is 1.21. The highest BCUT2D eigenvalue weighted by Crippen LogP contribution is 2.23. The van der Waals surface area contributed by atoms with Crippen molar-refractivity contribution in [1.82, 2.24) is 4.98 Å². The summed E-state index contributed by atoms with van der Waals surface area (Å²) >= 11 is 4.44. The van der Waals surface area contributed by atoms with Gasteiger partial charge >= 0.3 is 0 Å². The van der Waals surface area contributed by atoms with Crippen LogP contribution in [0, 0.1) is 6.92 Å². The van der Waals surface area contributed by atoms with Gasteiger partial charge in [0.05, 0.1) is 0 Å². The van der Waals surface area contributed by atoms with Crippen molar-refractivity contribution in [2.24, 2.45) is 0 Å². The van der Waals surface area contributed by atoms with Crippen LogP contribution in [0.4, 0.5) is 0 Å². The van der Waals surface area contributed by atoms with Gasteiger partial charge in [-0.3, -0.25) is 0 Å². The normalized spacial score (nSPS) is 10.2. The molecule has 0 saturated heterocycles. The lowest BCUT2D eigenvalue weighted by molar-refractivity contribution is 1.06. The Morgan fingerprint density at radius 3 is 2.60 bits per heavy atom. The fourth-order valence-electron chi connectivity index (χ4n) is 1.26. The Labute approximate surface area is 102 Å². The number of rotatable bonds is 2. The maximum atomic E-state index is 4.46. The fraction of sp³-hybridized carbons (Fsp3) is 0.0833. The molecule has 1 aromatic carbocycles. The van der Waals surface area contributed by atoms with Crippen molar-refractivity contribution in [3.63, 3.8) is 0 Å². The molecule has 0 N–H and O–H groups in total. The van der Waals surface area contributed by atoms with Gasteiger partial charge in [-0.15, -0.1) is 4.43 Å². The maximum absolute atomic E-state index is 4.46. The average Bonchev–Trinajstić information content (AvgIpc) is 2.22. The van der Waals surface area contributed by atoms with Crippen molar-refractivity contribution in [3.8, 4) is 0 Å². The van der Waals surface area contributed by atoms with Gasteiger partial charge in [0, 0.05) is 5.69 Å². The van der Waals surface area contributed by atoms with E-state index < -0.39 is 0 Å². The van der Waals surface area contributed by atoms with Crippen molar-refractivity contribution >= 4 is 32.5 Å². The van der Waals surface area contributed by atoms with E-state index >= 15 is 0 Å². The van der Waals surface area contributed by atoms with Crippen LogP contribution in [-0.4, -0.2) is 21.3 Å². The molecule has 0 fully saturated rings.